The van der Waals surface area contributed by atoms with Crippen LogP contribution in [-0.2, 0) is 9.53 Å². The monoisotopic (exact) mass is 355 g/mol. The smallest absolute Gasteiger partial charge is 0.305 e. The quantitative estimate of drug-likeness (QED) is 0.629. The van der Waals surface area contributed by atoms with E-state index in [9.17, 15) is 9.59 Å². The minimum absolute atomic E-state index is 0.161. The average Bonchev–Trinajstić information content (AvgIpc) is 3.03. The number of hydrogen-bond acceptors (Lipinski definition) is 4. The zero-order valence-corrected chi connectivity index (χ0v) is 13.9. The maximum Gasteiger partial charge on any atom is 0.305 e. The number of furan rings is 1. The number of carbonyl (C=O) groups excluding carboxylic acids is 2. The predicted molar refractivity (Wildman–Crippen MR) is 87.7 cm³/mol. The van der Waals surface area contributed by atoms with Gasteiger partial charge in [0.2, 0.25) is 0 Å². The van der Waals surface area contributed by atoms with E-state index in [1.807, 2.05) is 0 Å². The molecule has 7 heteroatoms. The number of esters is 1. The molecular weight excluding hydrogens is 341 g/mol. The van der Waals surface area contributed by atoms with Gasteiger partial charge in [-0.2, -0.15) is 0 Å². The molecule has 0 fully saturated rings. The fraction of sp³-hybridized carbons (Fsp3) is 0.250. The van der Waals surface area contributed by atoms with Crippen LogP contribution in [0.3, 0.4) is 0 Å². The minimum atomic E-state index is -0.362. The second-order valence-corrected chi connectivity index (χ2v) is 5.49. The lowest BCUT2D eigenvalue weighted by Crippen LogP contribution is -2.24. The van der Waals surface area contributed by atoms with Gasteiger partial charge < -0.3 is 14.5 Å². The maximum absolute atomic E-state index is 12.0. The first kappa shape index (κ1) is 17.4. The van der Waals surface area contributed by atoms with Crippen LogP contribution in [0, 0.1) is 0 Å². The molecule has 0 unspecified atom stereocenters. The number of nitrogens with one attached hydrogen (secondary N) is 1. The van der Waals surface area contributed by atoms with Gasteiger partial charge in [0.15, 0.2) is 5.76 Å². The van der Waals surface area contributed by atoms with Gasteiger partial charge in [0.1, 0.15) is 5.76 Å². The zero-order chi connectivity index (χ0) is 16.8. The van der Waals surface area contributed by atoms with Crippen molar-refractivity contribution < 1.29 is 18.7 Å². The van der Waals surface area contributed by atoms with Crippen molar-refractivity contribution in [2.45, 2.75) is 12.8 Å². The molecule has 0 radical (unpaired) electrons. The number of carbonyl (C=O) groups is 2. The van der Waals surface area contributed by atoms with Gasteiger partial charge in [-0.25, -0.2) is 0 Å². The van der Waals surface area contributed by atoms with Crippen LogP contribution in [0.25, 0.3) is 11.3 Å². The highest BCUT2D eigenvalue weighted by atomic mass is 35.5. The lowest BCUT2D eigenvalue weighted by molar-refractivity contribution is -0.140. The Hall–Kier alpha value is -1.98. The molecule has 122 valence electrons. The minimum Gasteiger partial charge on any atom is -0.469 e. The van der Waals surface area contributed by atoms with Crippen molar-refractivity contribution in [2.24, 2.45) is 0 Å². The first-order valence-electron chi connectivity index (χ1n) is 6.92. The molecule has 0 atom stereocenters. The van der Waals surface area contributed by atoms with Gasteiger partial charge in [-0.05, 0) is 30.7 Å². The topological polar surface area (TPSA) is 68.5 Å². The third kappa shape index (κ3) is 4.50. The van der Waals surface area contributed by atoms with E-state index in [4.69, 9.17) is 27.6 Å². The Kier molecular flexibility index (Phi) is 6.07. The van der Waals surface area contributed by atoms with E-state index in [1.165, 1.54) is 7.11 Å². The molecule has 1 aromatic carbocycles. The summed E-state index contributed by atoms with van der Waals surface area (Å²) in [5.74, 6) is -0.0549. The van der Waals surface area contributed by atoms with Crippen molar-refractivity contribution in [1.82, 2.24) is 5.32 Å². The van der Waals surface area contributed by atoms with Crippen molar-refractivity contribution in [1.29, 1.82) is 0 Å². The number of ether oxygens (including phenoxy) is 1. The Morgan fingerprint density at radius 2 is 2.00 bits per heavy atom. The van der Waals surface area contributed by atoms with E-state index in [0.717, 1.165) is 0 Å². The molecule has 0 saturated carbocycles. The summed E-state index contributed by atoms with van der Waals surface area (Å²) in [6.07, 6.45) is 0.740. The van der Waals surface area contributed by atoms with Crippen molar-refractivity contribution in [3.05, 3.63) is 46.1 Å². The summed E-state index contributed by atoms with van der Waals surface area (Å²) in [5, 5.41) is 3.45. The number of methoxy groups -OCH3 is 1. The van der Waals surface area contributed by atoms with Gasteiger partial charge in [0, 0.05) is 18.5 Å². The molecule has 0 aliphatic carbocycles. The Bertz CT molecular complexity index is 712. The third-order valence-corrected chi connectivity index (χ3v) is 3.94. The van der Waals surface area contributed by atoms with Crippen LogP contribution in [0.2, 0.25) is 10.0 Å². The Labute approximate surface area is 143 Å². The van der Waals surface area contributed by atoms with Gasteiger partial charge in [-0.3, -0.25) is 9.59 Å². The summed E-state index contributed by atoms with van der Waals surface area (Å²) in [4.78, 5) is 22.9. The van der Waals surface area contributed by atoms with Crippen LogP contribution < -0.4 is 5.32 Å². The summed E-state index contributed by atoms with van der Waals surface area (Å²) in [5.41, 5.74) is 0.615. The van der Waals surface area contributed by atoms with Crippen molar-refractivity contribution in [2.75, 3.05) is 13.7 Å². The largest absolute Gasteiger partial charge is 0.469 e. The number of halogens is 2. The van der Waals surface area contributed by atoms with Gasteiger partial charge in [0.05, 0.1) is 17.2 Å². The first-order valence-corrected chi connectivity index (χ1v) is 7.67. The van der Waals surface area contributed by atoms with E-state index in [-0.39, 0.29) is 24.1 Å². The summed E-state index contributed by atoms with van der Waals surface area (Å²) >= 11 is 12.1. The van der Waals surface area contributed by atoms with Gasteiger partial charge in [0.25, 0.3) is 5.91 Å². The number of benzene rings is 1. The molecule has 0 bridgehead atoms. The van der Waals surface area contributed by atoms with Crippen molar-refractivity contribution in [3.63, 3.8) is 0 Å². The highest BCUT2D eigenvalue weighted by Crippen LogP contribution is 2.34. The molecule has 0 saturated heterocycles. The second kappa shape index (κ2) is 8.04. The number of amides is 1. The lowest BCUT2D eigenvalue weighted by Gasteiger charge is -2.04. The van der Waals surface area contributed by atoms with Crippen LogP contribution in [0.5, 0.6) is 0 Å². The molecule has 23 heavy (non-hydrogen) atoms. The Morgan fingerprint density at radius 3 is 2.74 bits per heavy atom. The van der Waals surface area contributed by atoms with Crippen LogP contribution >= 0.6 is 23.2 Å². The lowest BCUT2D eigenvalue weighted by atomic mass is 10.2. The Balaban J connectivity index is 1.97. The predicted octanol–water partition coefficient (Wildman–Crippen LogP) is 3.94. The van der Waals surface area contributed by atoms with Crippen LogP contribution in [0.15, 0.2) is 34.7 Å². The third-order valence-electron chi connectivity index (χ3n) is 3.12. The molecule has 1 heterocycles. The second-order valence-electron chi connectivity index (χ2n) is 4.70. The summed E-state index contributed by atoms with van der Waals surface area (Å²) in [6, 6.07) is 8.39. The molecule has 2 rings (SSSR count). The number of hydrogen-bond donors (Lipinski definition) is 1. The molecule has 0 aliphatic rings. The molecule has 2 aromatic rings. The molecule has 1 N–H and O–H groups in total. The molecular formula is C16H15Cl2NO4. The standard InChI is InChI=1S/C16H15Cl2NO4/c1-22-14(20)6-3-9-19-16(21)13-8-7-12(23-13)10-4-2-5-11(17)15(10)18/h2,4-5,7-8H,3,6,9H2,1H3,(H,19,21). The van der Waals surface area contributed by atoms with Crippen molar-refractivity contribution >= 4 is 35.1 Å². The summed E-state index contributed by atoms with van der Waals surface area (Å²) in [6.45, 7) is 0.349. The Morgan fingerprint density at radius 1 is 1.22 bits per heavy atom. The average molecular weight is 356 g/mol. The van der Waals surface area contributed by atoms with E-state index in [0.29, 0.717) is 34.3 Å². The molecule has 0 aliphatic heterocycles. The van der Waals surface area contributed by atoms with Crippen molar-refractivity contribution in [3.8, 4) is 11.3 Å². The summed E-state index contributed by atoms with van der Waals surface area (Å²) < 4.78 is 10.0. The van der Waals surface area contributed by atoms with Crippen LogP contribution in [0.1, 0.15) is 23.4 Å². The first-order chi connectivity index (χ1) is 11.0. The highest BCUT2D eigenvalue weighted by Gasteiger charge is 2.14. The van der Waals surface area contributed by atoms with Gasteiger partial charge >= 0.3 is 5.97 Å². The van der Waals surface area contributed by atoms with Gasteiger partial charge in [-0.1, -0.05) is 29.3 Å². The van der Waals surface area contributed by atoms with Crippen LogP contribution in [0.4, 0.5) is 0 Å². The maximum atomic E-state index is 12.0. The fourth-order valence-corrected chi connectivity index (χ4v) is 2.32. The zero-order valence-electron chi connectivity index (χ0n) is 12.4. The summed E-state index contributed by atoms with van der Waals surface area (Å²) in [7, 11) is 1.33. The molecule has 5 nitrogen and oxygen atoms in total. The van der Waals surface area contributed by atoms with Gasteiger partial charge in [-0.15, -0.1) is 0 Å². The van der Waals surface area contributed by atoms with E-state index in [2.05, 4.69) is 10.1 Å². The highest BCUT2D eigenvalue weighted by molar-refractivity contribution is 6.43. The van der Waals surface area contributed by atoms with E-state index in [1.54, 1.807) is 30.3 Å². The molecule has 1 amide bonds. The SMILES string of the molecule is COC(=O)CCCNC(=O)c1ccc(-c2cccc(Cl)c2Cl)o1. The fourth-order valence-electron chi connectivity index (χ4n) is 1.92. The van der Waals surface area contributed by atoms with E-state index < -0.39 is 0 Å². The normalized spacial score (nSPS) is 10.4. The molecule has 0 spiro atoms. The number of rotatable bonds is 6. The van der Waals surface area contributed by atoms with Crippen LogP contribution in [-0.4, -0.2) is 25.5 Å². The molecule has 1 aromatic heterocycles. The van der Waals surface area contributed by atoms with E-state index >= 15 is 0 Å².